The number of nitrogens with one attached hydrogen (secondary N) is 1. The molecular formula is C18H23N3O3. The van der Waals surface area contributed by atoms with E-state index in [1.165, 1.54) is 0 Å². The van der Waals surface area contributed by atoms with E-state index in [4.69, 9.17) is 9.47 Å². The molecule has 2 aromatic rings. The Bertz CT molecular complexity index is 655. The summed E-state index contributed by atoms with van der Waals surface area (Å²) in [5.41, 5.74) is 0.425. The molecule has 1 aromatic carbocycles. The highest BCUT2D eigenvalue weighted by molar-refractivity contribution is 5.78. The van der Waals surface area contributed by atoms with Crippen LogP contribution in [-0.4, -0.2) is 52.4 Å². The standard InChI is InChI=1S/C18H23N3O3/c1-18(2)13-21(17(22)10-14-8-9-19-20-14)11-16(24-18)12-23-15-6-4-3-5-7-15/h3-9,16H,10-13H2,1-2H3,(H,19,20). The van der Waals surface area contributed by atoms with Gasteiger partial charge in [-0.25, -0.2) is 0 Å². The second kappa shape index (κ2) is 7.05. The highest BCUT2D eigenvalue weighted by Crippen LogP contribution is 2.22. The van der Waals surface area contributed by atoms with Crippen molar-refractivity contribution in [2.45, 2.75) is 32.0 Å². The van der Waals surface area contributed by atoms with Crippen LogP contribution in [0.2, 0.25) is 0 Å². The number of H-pyrrole nitrogens is 1. The highest BCUT2D eigenvalue weighted by Gasteiger charge is 2.35. The van der Waals surface area contributed by atoms with Crippen LogP contribution in [0.5, 0.6) is 5.75 Å². The van der Waals surface area contributed by atoms with Gasteiger partial charge in [0.2, 0.25) is 5.91 Å². The maximum absolute atomic E-state index is 12.6. The lowest BCUT2D eigenvalue weighted by atomic mass is 10.0. The molecule has 0 bridgehead atoms. The number of carbonyl (C=O) groups is 1. The molecule has 1 unspecified atom stereocenters. The van der Waals surface area contributed by atoms with Crippen molar-refractivity contribution in [3.8, 4) is 5.75 Å². The maximum Gasteiger partial charge on any atom is 0.228 e. The van der Waals surface area contributed by atoms with Crippen LogP contribution in [-0.2, 0) is 16.0 Å². The molecule has 1 N–H and O–H groups in total. The van der Waals surface area contributed by atoms with Gasteiger partial charge in [0.25, 0.3) is 0 Å². The first-order chi connectivity index (χ1) is 11.5. The van der Waals surface area contributed by atoms with Crippen LogP contribution >= 0.6 is 0 Å². The number of benzene rings is 1. The van der Waals surface area contributed by atoms with Crippen molar-refractivity contribution < 1.29 is 14.3 Å². The lowest BCUT2D eigenvalue weighted by molar-refractivity contribution is -0.165. The van der Waals surface area contributed by atoms with Crippen molar-refractivity contribution in [1.29, 1.82) is 0 Å². The molecule has 1 aliphatic heterocycles. The number of rotatable bonds is 5. The van der Waals surface area contributed by atoms with E-state index in [0.29, 0.717) is 26.1 Å². The van der Waals surface area contributed by atoms with E-state index in [9.17, 15) is 4.79 Å². The summed E-state index contributed by atoms with van der Waals surface area (Å²) in [7, 11) is 0. The van der Waals surface area contributed by atoms with Gasteiger partial charge in [0.15, 0.2) is 0 Å². The summed E-state index contributed by atoms with van der Waals surface area (Å²) in [6.07, 6.45) is 1.82. The molecule has 24 heavy (non-hydrogen) atoms. The summed E-state index contributed by atoms with van der Waals surface area (Å²) in [5.74, 6) is 0.875. The molecule has 1 amide bonds. The smallest absolute Gasteiger partial charge is 0.228 e. The van der Waals surface area contributed by atoms with Gasteiger partial charge in [-0.15, -0.1) is 0 Å². The molecule has 2 heterocycles. The Kier molecular flexibility index (Phi) is 4.85. The van der Waals surface area contributed by atoms with Crippen molar-refractivity contribution in [3.05, 3.63) is 48.3 Å². The Morgan fingerprint density at radius 1 is 1.38 bits per heavy atom. The molecule has 0 radical (unpaired) electrons. The number of carbonyl (C=O) groups excluding carboxylic acids is 1. The van der Waals surface area contributed by atoms with Gasteiger partial charge in [-0.2, -0.15) is 5.10 Å². The van der Waals surface area contributed by atoms with Crippen molar-refractivity contribution in [3.63, 3.8) is 0 Å². The average molecular weight is 329 g/mol. The third-order valence-electron chi connectivity index (χ3n) is 3.91. The SMILES string of the molecule is CC1(C)CN(C(=O)Cc2ccn[nH]2)CC(COc2ccccc2)O1. The molecule has 1 saturated heterocycles. The van der Waals surface area contributed by atoms with Crippen LogP contribution in [0.25, 0.3) is 0 Å². The maximum atomic E-state index is 12.6. The normalized spacial score (nSPS) is 19.9. The topological polar surface area (TPSA) is 67.5 Å². The minimum Gasteiger partial charge on any atom is -0.491 e. The molecule has 0 saturated carbocycles. The number of aromatic amines is 1. The van der Waals surface area contributed by atoms with E-state index in [2.05, 4.69) is 10.2 Å². The molecular weight excluding hydrogens is 306 g/mol. The summed E-state index contributed by atoms with van der Waals surface area (Å²) in [6.45, 7) is 5.52. The molecule has 1 fully saturated rings. The number of para-hydroxylation sites is 1. The van der Waals surface area contributed by atoms with Gasteiger partial charge in [0, 0.05) is 18.4 Å². The summed E-state index contributed by atoms with van der Waals surface area (Å²) >= 11 is 0. The van der Waals surface area contributed by atoms with E-state index in [-0.39, 0.29) is 12.0 Å². The lowest BCUT2D eigenvalue weighted by Crippen LogP contribution is -2.56. The number of ether oxygens (including phenoxy) is 2. The van der Waals surface area contributed by atoms with Gasteiger partial charge in [0.05, 0.1) is 18.6 Å². The van der Waals surface area contributed by atoms with Crippen LogP contribution in [0.4, 0.5) is 0 Å². The number of morpholine rings is 1. The van der Waals surface area contributed by atoms with Gasteiger partial charge in [-0.3, -0.25) is 9.89 Å². The predicted molar refractivity (Wildman–Crippen MR) is 89.8 cm³/mol. The van der Waals surface area contributed by atoms with Crippen molar-refractivity contribution in [2.75, 3.05) is 19.7 Å². The number of hydrogen-bond donors (Lipinski definition) is 1. The molecule has 6 nitrogen and oxygen atoms in total. The lowest BCUT2D eigenvalue weighted by Gasteiger charge is -2.42. The molecule has 128 valence electrons. The summed E-state index contributed by atoms with van der Waals surface area (Å²) in [6, 6.07) is 11.5. The van der Waals surface area contributed by atoms with Crippen molar-refractivity contribution in [1.82, 2.24) is 15.1 Å². The molecule has 3 rings (SSSR count). The molecule has 0 spiro atoms. The first kappa shape index (κ1) is 16.5. The Hall–Kier alpha value is -2.34. The van der Waals surface area contributed by atoms with Crippen LogP contribution in [0.15, 0.2) is 42.6 Å². The predicted octanol–water partition coefficient (Wildman–Crippen LogP) is 2.04. The third-order valence-corrected chi connectivity index (χ3v) is 3.91. The monoisotopic (exact) mass is 329 g/mol. The van der Waals surface area contributed by atoms with Gasteiger partial charge in [0.1, 0.15) is 18.5 Å². The fraction of sp³-hybridized carbons (Fsp3) is 0.444. The van der Waals surface area contributed by atoms with Crippen molar-refractivity contribution >= 4 is 5.91 Å². The van der Waals surface area contributed by atoms with E-state index in [1.807, 2.05) is 55.1 Å². The van der Waals surface area contributed by atoms with E-state index in [1.54, 1.807) is 6.20 Å². The number of hydrogen-bond acceptors (Lipinski definition) is 4. The van der Waals surface area contributed by atoms with Gasteiger partial charge < -0.3 is 14.4 Å². The average Bonchev–Trinajstić information content (AvgIpc) is 3.05. The van der Waals surface area contributed by atoms with Gasteiger partial charge in [-0.05, 0) is 32.0 Å². The first-order valence-electron chi connectivity index (χ1n) is 8.13. The largest absolute Gasteiger partial charge is 0.491 e. The van der Waals surface area contributed by atoms with E-state index < -0.39 is 5.60 Å². The Morgan fingerprint density at radius 2 is 2.17 bits per heavy atom. The summed E-state index contributed by atoms with van der Waals surface area (Å²) in [4.78, 5) is 14.4. The van der Waals surface area contributed by atoms with Gasteiger partial charge >= 0.3 is 0 Å². The van der Waals surface area contributed by atoms with Crippen molar-refractivity contribution in [2.24, 2.45) is 0 Å². The molecule has 1 aliphatic rings. The minimum atomic E-state index is -0.396. The zero-order chi connectivity index (χ0) is 17.0. The first-order valence-corrected chi connectivity index (χ1v) is 8.13. The number of nitrogens with zero attached hydrogens (tertiary/aromatic N) is 2. The Labute approximate surface area is 141 Å². The van der Waals surface area contributed by atoms with Gasteiger partial charge in [-0.1, -0.05) is 18.2 Å². The quantitative estimate of drug-likeness (QED) is 0.911. The molecule has 1 atom stereocenters. The summed E-state index contributed by atoms with van der Waals surface area (Å²) in [5, 5.41) is 6.72. The van der Waals surface area contributed by atoms with Crippen LogP contribution in [0.1, 0.15) is 19.5 Å². The zero-order valence-electron chi connectivity index (χ0n) is 14.1. The number of aromatic nitrogens is 2. The van der Waals surface area contributed by atoms with E-state index in [0.717, 1.165) is 11.4 Å². The third kappa shape index (κ3) is 4.35. The van der Waals surface area contributed by atoms with Crippen LogP contribution in [0, 0.1) is 0 Å². The highest BCUT2D eigenvalue weighted by atomic mass is 16.5. The fourth-order valence-electron chi connectivity index (χ4n) is 2.94. The zero-order valence-corrected chi connectivity index (χ0v) is 14.1. The summed E-state index contributed by atoms with van der Waals surface area (Å²) < 4.78 is 11.9. The Balaban J connectivity index is 1.60. The second-order valence-electron chi connectivity index (χ2n) is 6.66. The number of amides is 1. The van der Waals surface area contributed by atoms with Crippen LogP contribution in [0.3, 0.4) is 0 Å². The Morgan fingerprint density at radius 3 is 2.88 bits per heavy atom. The molecule has 0 aliphatic carbocycles. The van der Waals surface area contributed by atoms with E-state index >= 15 is 0 Å². The molecule has 1 aromatic heterocycles. The minimum absolute atomic E-state index is 0.0698. The second-order valence-corrected chi connectivity index (χ2v) is 6.66. The molecule has 6 heteroatoms. The van der Waals surface area contributed by atoms with Crippen LogP contribution < -0.4 is 4.74 Å². The fourth-order valence-corrected chi connectivity index (χ4v) is 2.94.